The fraction of sp³-hybridized carbons (Fsp3) is 0.750. The zero-order valence-electron chi connectivity index (χ0n) is 10.7. The SMILES string of the molecule is CCNCc1sc(C2CCCCS2)nc1C(F)(F)F. The number of alkyl halides is 3. The lowest BCUT2D eigenvalue weighted by molar-refractivity contribution is -0.141. The maximum absolute atomic E-state index is 13.0. The second-order valence-corrected chi connectivity index (χ2v) is 6.88. The van der Waals surface area contributed by atoms with Gasteiger partial charge in [0.15, 0.2) is 5.69 Å². The third kappa shape index (κ3) is 3.86. The Bertz CT molecular complexity index is 412. The first-order valence-corrected chi connectivity index (χ1v) is 8.28. The second kappa shape index (κ2) is 6.45. The smallest absolute Gasteiger partial charge is 0.312 e. The van der Waals surface area contributed by atoms with E-state index in [1.165, 1.54) is 11.3 Å². The minimum Gasteiger partial charge on any atom is -0.312 e. The summed E-state index contributed by atoms with van der Waals surface area (Å²) in [6.45, 7) is 2.79. The summed E-state index contributed by atoms with van der Waals surface area (Å²) < 4.78 is 38.9. The average molecular weight is 310 g/mol. The van der Waals surface area contributed by atoms with Gasteiger partial charge in [-0.15, -0.1) is 11.3 Å². The first-order chi connectivity index (χ1) is 9.02. The summed E-state index contributed by atoms with van der Waals surface area (Å²) in [6.07, 6.45) is -1.17. The Morgan fingerprint density at radius 2 is 2.16 bits per heavy atom. The topological polar surface area (TPSA) is 24.9 Å². The quantitative estimate of drug-likeness (QED) is 0.901. The molecule has 1 fully saturated rings. The number of nitrogens with one attached hydrogen (secondary N) is 1. The van der Waals surface area contributed by atoms with Crippen molar-refractivity contribution < 1.29 is 13.2 Å². The van der Waals surface area contributed by atoms with Gasteiger partial charge in [-0.2, -0.15) is 24.9 Å². The van der Waals surface area contributed by atoms with E-state index in [1.54, 1.807) is 11.8 Å². The molecule has 0 saturated carbocycles. The number of thioether (sulfide) groups is 1. The molecule has 1 saturated heterocycles. The number of hydrogen-bond donors (Lipinski definition) is 1. The van der Waals surface area contributed by atoms with Crippen LogP contribution in [0, 0.1) is 0 Å². The molecule has 0 radical (unpaired) electrons. The largest absolute Gasteiger partial charge is 0.434 e. The highest BCUT2D eigenvalue weighted by molar-refractivity contribution is 7.99. The minimum absolute atomic E-state index is 0.148. The van der Waals surface area contributed by atoms with Crippen LogP contribution in [0.2, 0.25) is 0 Å². The summed E-state index contributed by atoms with van der Waals surface area (Å²) in [5, 5.41) is 3.75. The van der Waals surface area contributed by atoms with Gasteiger partial charge >= 0.3 is 6.18 Å². The molecule has 1 aliphatic rings. The summed E-state index contributed by atoms with van der Waals surface area (Å²) in [5.74, 6) is 1.02. The zero-order valence-corrected chi connectivity index (χ0v) is 12.4. The van der Waals surface area contributed by atoms with Gasteiger partial charge in [-0.1, -0.05) is 13.3 Å². The molecule has 0 aliphatic carbocycles. The highest BCUT2D eigenvalue weighted by atomic mass is 32.2. The van der Waals surface area contributed by atoms with Crippen LogP contribution in [-0.2, 0) is 12.7 Å². The monoisotopic (exact) mass is 310 g/mol. The Kier molecular flexibility index (Phi) is 5.14. The number of nitrogens with zero attached hydrogens (tertiary/aromatic N) is 1. The molecule has 1 aromatic rings. The fourth-order valence-corrected chi connectivity index (χ4v) is 4.63. The molecule has 0 aromatic carbocycles. The van der Waals surface area contributed by atoms with Crippen molar-refractivity contribution in [2.75, 3.05) is 12.3 Å². The van der Waals surface area contributed by atoms with Gasteiger partial charge in [0.05, 0.1) is 10.1 Å². The average Bonchev–Trinajstić information content (AvgIpc) is 2.81. The maximum Gasteiger partial charge on any atom is 0.434 e. The fourth-order valence-electron chi connectivity index (χ4n) is 2.02. The van der Waals surface area contributed by atoms with Gasteiger partial charge in [0.25, 0.3) is 0 Å². The number of halogens is 3. The molecule has 0 amide bonds. The van der Waals surface area contributed by atoms with Crippen LogP contribution in [0.15, 0.2) is 0 Å². The molecule has 1 aliphatic heterocycles. The van der Waals surface area contributed by atoms with Gasteiger partial charge in [-0.05, 0) is 25.1 Å². The summed E-state index contributed by atoms with van der Waals surface area (Å²) >= 11 is 2.95. The number of rotatable bonds is 4. The lowest BCUT2D eigenvalue weighted by Gasteiger charge is -2.18. The van der Waals surface area contributed by atoms with Crippen molar-refractivity contribution in [1.82, 2.24) is 10.3 Å². The predicted molar refractivity (Wildman–Crippen MR) is 73.5 cm³/mol. The normalized spacial score (nSPS) is 20.7. The van der Waals surface area contributed by atoms with Gasteiger partial charge in [0, 0.05) is 6.54 Å². The van der Waals surface area contributed by atoms with Crippen molar-refractivity contribution in [1.29, 1.82) is 0 Å². The molecule has 1 aromatic heterocycles. The first kappa shape index (κ1) is 15.1. The Hall–Kier alpha value is -0.270. The van der Waals surface area contributed by atoms with E-state index >= 15 is 0 Å². The van der Waals surface area contributed by atoms with Crippen LogP contribution in [0.25, 0.3) is 0 Å². The molecular weight excluding hydrogens is 293 g/mol. The van der Waals surface area contributed by atoms with Crippen LogP contribution in [-0.4, -0.2) is 17.3 Å². The Labute approximate surface area is 119 Å². The maximum atomic E-state index is 13.0. The van der Waals surface area contributed by atoms with Crippen LogP contribution in [0.4, 0.5) is 13.2 Å². The van der Waals surface area contributed by atoms with Crippen LogP contribution >= 0.6 is 23.1 Å². The highest BCUT2D eigenvalue weighted by Gasteiger charge is 2.38. The highest BCUT2D eigenvalue weighted by Crippen LogP contribution is 2.43. The molecule has 2 nitrogen and oxygen atoms in total. The van der Waals surface area contributed by atoms with Crippen LogP contribution in [0.3, 0.4) is 0 Å². The molecule has 0 bridgehead atoms. The van der Waals surface area contributed by atoms with Crippen LogP contribution < -0.4 is 5.32 Å². The molecule has 1 N–H and O–H groups in total. The molecular formula is C12H17F3N2S2. The third-order valence-electron chi connectivity index (χ3n) is 2.97. The van der Waals surface area contributed by atoms with Crippen molar-refractivity contribution in [3.63, 3.8) is 0 Å². The number of thiazole rings is 1. The summed E-state index contributed by atoms with van der Waals surface area (Å²) in [4.78, 5) is 4.21. The number of aromatic nitrogens is 1. The van der Waals surface area contributed by atoms with E-state index in [1.807, 2.05) is 6.92 Å². The molecule has 7 heteroatoms. The van der Waals surface area contributed by atoms with Crippen LogP contribution in [0.1, 0.15) is 47.0 Å². The van der Waals surface area contributed by atoms with Crippen molar-refractivity contribution in [3.8, 4) is 0 Å². The summed E-state index contributed by atoms with van der Waals surface area (Å²) in [5.41, 5.74) is -0.695. The van der Waals surface area contributed by atoms with E-state index < -0.39 is 11.9 Å². The number of hydrogen-bond acceptors (Lipinski definition) is 4. The Balaban J connectivity index is 2.22. The Morgan fingerprint density at radius 3 is 2.74 bits per heavy atom. The summed E-state index contributed by atoms with van der Waals surface area (Å²) in [7, 11) is 0. The minimum atomic E-state index is -4.35. The van der Waals surface area contributed by atoms with Crippen molar-refractivity contribution in [2.45, 2.75) is 44.2 Å². The van der Waals surface area contributed by atoms with E-state index in [0.717, 1.165) is 25.0 Å². The van der Waals surface area contributed by atoms with E-state index in [9.17, 15) is 13.2 Å². The molecule has 0 spiro atoms. The third-order valence-corrected chi connectivity index (χ3v) is 5.68. The van der Waals surface area contributed by atoms with Crippen molar-refractivity contribution >= 4 is 23.1 Å². The Morgan fingerprint density at radius 1 is 1.37 bits per heavy atom. The second-order valence-electron chi connectivity index (χ2n) is 4.46. The lowest BCUT2D eigenvalue weighted by atomic mass is 10.2. The molecule has 2 heterocycles. The van der Waals surface area contributed by atoms with Gasteiger partial charge in [0.2, 0.25) is 0 Å². The van der Waals surface area contributed by atoms with Gasteiger partial charge < -0.3 is 5.32 Å². The molecule has 1 atom stereocenters. The van der Waals surface area contributed by atoms with E-state index in [2.05, 4.69) is 10.3 Å². The van der Waals surface area contributed by atoms with E-state index in [-0.39, 0.29) is 11.8 Å². The zero-order chi connectivity index (χ0) is 13.9. The van der Waals surface area contributed by atoms with Crippen molar-refractivity contribution in [2.24, 2.45) is 0 Å². The van der Waals surface area contributed by atoms with Gasteiger partial charge in [-0.25, -0.2) is 4.98 Å². The van der Waals surface area contributed by atoms with Crippen molar-refractivity contribution in [3.05, 3.63) is 15.6 Å². The molecule has 108 valence electrons. The van der Waals surface area contributed by atoms with E-state index in [0.29, 0.717) is 16.4 Å². The summed E-state index contributed by atoms with van der Waals surface area (Å²) in [6, 6.07) is 0. The van der Waals surface area contributed by atoms with Crippen LogP contribution in [0.5, 0.6) is 0 Å². The predicted octanol–water partition coefficient (Wildman–Crippen LogP) is 4.23. The first-order valence-electron chi connectivity index (χ1n) is 6.41. The standard InChI is InChI=1S/C12H17F3N2S2/c1-2-16-7-9-10(12(13,14)15)17-11(19-9)8-5-3-4-6-18-8/h8,16H,2-7H2,1H3. The molecule has 1 unspecified atom stereocenters. The van der Waals surface area contributed by atoms with Gasteiger partial charge in [0.1, 0.15) is 5.01 Å². The molecule has 19 heavy (non-hydrogen) atoms. The van der Waals surface area contributed by atoms with E-state index in [4.69, 9.17) is 0 Å². The lowest BCUT2D eigenvalue weighted by Crippen LogP contribution is -2.15. The van der Waals surface area contributed by atoms with Gasteiger partial charge in [-0.3, -0.25) is 0 Å². The molecule has 2 rings (SSSR count).